The molecular formula is C15H20F6N5OPS. The van der Waals surface area contributed by atoms with Crippen LogP contribution in [0.2, 0.25) is 0 Å². The largest absolute Gasteiger partial charge is 0.392 e. The lowest BCUT2D eigenvalue weighted by molar-refractivity contribution is -0.112. The zero-order valence-electron chi connectivity index (χ0n) is 15.4. The molecule has 0 aliphatic rings. The van der Waals surface area contributed by atoms with Gasteiger partial charge in [-0.15, -0.1) is 11.8 Å². The van der Waals surface area contributed by atoms with Gasteiger partial charge in [0.25, 0.3) is 0 Å². The maximum absolute atomic E-state index is 12.5. The molecule has 29 heavy (non-hydrogen) atoms. The summed E-state index contributed by atoms with van der Waals surface area (Å²) in [6, 6.07) is 0. The second kappa shape index (κ2) is 10.1. The van der Waals surface area contributed by atoms with Crippen molar-refractivity contribution in [1.82, 2.24) is 19.5 Å². The summed E-state index contributed by atoms with van der Waals surface area (Å²) in [4.78, 5) is 12.5. The van der Waals surface area contributed by atoms with Crippen LogP contribution in [0.5, 0.6) is 0 Å². The third-order valence-electron chi connectivity index (χ3n) is 3.45. The molecule has 0 aromatic carbocycles. The average molecular weight is 463 g/mol. The van der Waals surface area contributed by atoms with Gasteiger partial charge in [-0.1, -0.05) is 14.8 Å². The Morgan fingerprint density at radius 2 is 1.79 bits per heavy atom. The van der Waals surface area contributed by atoms with E-state index in [1.165, 1.54) is 18.1 Å². The van der Waals surface area contributed by atoms with Crippen LogP contribution in [0.1, 0.15) is 13.3 Å². The lowest BCUT2D eigenvalue weighted by Crippen LogP contribution is -2.22. The molecule has 2 rings (SSSR count). The Morgan fingerprint density at radius 1 is 1.14 bits per heavy atom. The maximum atomic E-state index is 12.5. The van der Waals surface area contributed by atoms with Crippen LogP contribution in [0.25, 0.3) is 11.2 Å². The van der Waals surface area contributed by atoms with Crippen molar-refractivity contribution in [3.8, 4) is 0 Å². The lowest BCUT2D eigenvalue weighted by atomic mass is 10.5. The Morgan fingerprint density at radius 3 is 2.38 bits per heavy atom. The van der Waals surface area contributed by atoms with Crippen molar-refractivity contribution in [2.75, 3.05) is 36.8 Å². The number of thioether (sulfide) groups is 1. The zero-order chi connectivity index (χ0) is 21.7. The standard InChI is InChI=1S/C15H20F6N5OPS/c1-2-5-29-12-10-11(24-13(22)25-12)26(8-23-10)3-4-27-9-28(6-14(16,17)18)7-15(19,20)21/h8H,2-7,9H2,1H3,(H2,22,24,25). The van der Waals surface area contributed by atoms with E-state index in [9.17, 15) is 26.3 Å². The molecule has 164 valence electrons. The van der Waals surface area contributed by atoms with Gasteiger partial charge in [-0.3, -0.25) is 0 Å². The Balaban J connectivity index is 1.98. The highest BCUT2D eigenvalue weighted by molar-refractivity contribution is 7.99. The zero-order valence-corrected chi connectivity index (χ0v) is 17.1. The van der Waals surface area contributed by atoms with E-state index in [0.29, 0.717) is 16.2 Å². The van der Waals surface area contributed by atoms with Gasteiger partial charge < -0.3 is 15.0 Å². The molecule has 0 saturated heterocycles. The Kier molecular flexibility index (Phi) is 8.36. The summed E-state index contributed by atoms with van der Waals surface area (Å²) in [7, 11) is -2.40. The number of imidazole rings is 1. The fourth-order valence-corrected chi connectivity index (χ4v) is 4.94. The summed E-state index contributed by atoms with van der Waals surface area (Å²) in [5, 5.41) is 0.618. The number of alkyl halides is 6. The average Bonchev–Trinajstić information content (AvgIpc) is 2.96. The van der Waals surface area contributed by atoms with Crippen LogP contribution in [-0.2, 0) is 11.3 Å². The van der Waals surface area contributed by atoms with Gasteiger partial charge in [0.1, 0.15) is 10.5 Å². The van der Waals surface area contributed by atoms with Crippen molar-refractivity contribution < 1.29 is 31.1 Å². The highest BCUT2D eigenvalue weighted by Crippen LogP contribution is 2.45. The minimum absolute atomic E-state index is 0.0534. The quantitative estimate of drug-likeness (QED) is 0.184. The summed E-state index contributed by atoms with van der Waals surface area (Å²) in [5.74, 6) is 0.862. The molecule has 2 aromatic rings. The lowest BCUT2D eigenvalue weighted by Gasteiger charge is -2.20. The van der Waals surface area contributed by atoms with Crippen LogP contribution in [0.4, 0.5) is 32.3 Å². The van der Waals surface area contributed by atoms with Gasteiger partial charge in [0, 0.05) is 6.54 Å². The van der Waals surface area contributed by atoms with Crippen molar-refractivity contribution in [1.29, 1.82) is 0 Å². The first-order valence-corrected chi connectivity index (χ1v) is 11.4. The van der Waals surface area contributed by atoms with Crippen molar-refractivity contribution in [3.05, 3.63) is 6.33 Å². The molecule has 2 N–H and O–H groups in total. The molecule has 6 nitrogen and oxygen atoms in total. The number of hydrogen-bond acceptors (Lipinski definition) is 6. The fraction of sp³-hybridized carbons (Fsp3) is 0.667. The minimum atomic E-state index is -4.66. The number of halogens is 6. The van der Waals surface area contributed by atoms with E-state index < -0.39 is 38.9 Å². The van der Waals surface area contributed by atoms with E-state index in [4.69, 9.17) is 10.5 Å². The number of rotatable bonds is 10. The topological polar surface area (TPSA) is 78.9 Å². The SMILES string of the molecule is CCCSc1nc(N)nc2c1ncn2CCOCP(CC(F)(F)F)CC(F)(F)F. The molecule has 0 aliphatic heterocycles. The summed E-state index contributed by atoms with van der Waals surface area (Å²) in [6.07, 6.45) is -10.5. The van der Waals surface area contributed by atoms with Gasteiger partial charge in [0.15, 0.2) is 5.65 Å². The molecule has 0 aliphatic carbocycles. The van der Waals surface area contributed by atoms with Gasteiger partial charge >= 0.3 is 12.4 Å². The predicted molar refractivity (Wildman–Crippen MR) is 100 cm³/mol. The first-order valence-electron chi connectivity index (χ1n) is 8.53. The van der Waals surface area contributed by atoms with Crippen LogP contribution >= 0.6 is 19.7 Å². The molecule has 0 fully saturated rings. The van der Waals surface area contributed by atoms with Crippen LogP contribution in [0.15, 0.2) is 11.4 Å². The molecule has 0 unspecified atom stereocenters. The summed E-state index contributed by atoms with van der Waals surface area (Å²) in [6.45, 7) is 2.09. The molecule has 0 bridgehead atoms. The fourth-order valence-electron chi connectivity index (χ4n) is 2.41. The first-order chi connectivity index (χ1) is 13.5. The normalized spacial score (nSPS) is 13.0. The van der Waals surface area contributed by atoms with E-state index >= 15 is 0 Å². The van der Waals surface area contributed by atoms with Crippen LogP contribution < -0.4 is 5.73 Å². The van der Waals surface area contributed by atoms with Crippen LogP contribution in [0.3, 0.4) is 0 Å². The number of nitrogen functional groups attached to an aromatic ring is 1. The van der Waals surface area contributed by atoms with Gasteiger partial charge in [-0.05, 0) is 12.2 Å². The van der Waals surface area contributed by atoms with E-state index in [1.54, 1.807) is 4.57 Å². The van der Waals surface area contributed by atoms with E-state index in [1.807, 2.05) is 6.92 Å². The number of anilines is 1. The maximum Gasteiger partial charge on any atom is 0.392 e. The van der Waals surface area contributed by atoms with Crippen molar-refractivity contribution >= 4 is 36.8 Å². The van der Waals surface area contributed by atoms with Crippen LogP contribution in [-0.4, -0.2) is 62.9 Å². The number of nitrogens with zero attached hydrogens (tertiary/aromatic N) is 4. The number of aromatic nitrogens is 4. The molecule has 2 heterocycles. The second-order valence-electron chi connectivity index (χ2n) is 6.10. The first kappa shape index (κ1) is 23.9. The van der Waals surface area contributed by atoms with Gasteiger partial charge in [-0.2, -0.15) is 31.3 Å². The highest BCUT2D eigenvalue weighted by atomic mass is 32.2. The molecule has 0 amide bonds. The summed E-state index contributed by atoms with van der Waals surface area (Å²) < 4.78 is 81.7. The number of fused-ring (bicyclic) bond motifs is 1. The van der Waals surface area contributed by atoms with E-state index in [2.05, 4.69) is 15.0 Å². The second-order valence-corrected chi connectivity index (χ2v) is 9.42. The van der Waals surface area contributed by atoms with Gasteiger partial charge in [0.2, 0.25) is 5.95 Å². The Hall–Kier alpha value is -1.33. The predicted octanol–water partition coefficient (Wildman–Crippen LogP) is 4.49. The summed E-state index contributed by atoms with van der Waals surface area (Å²) >= 11 is 1.47. The van der Waals surface area contributed by atoms with Crippen LogP contribution in [0, 0.1) is 0 Å². The minimum Gasteiger partial charge on any atom is -0.375 e. The van der Waals surface area contributed by atoms with Crippen molar-refractivity contribution in [2.24, 2.45) is 0 Å². The monoisotopic (exact) mass is 463 g/mol. The number of ether oxygens (including phenoxy) is 1. The summed E-state index contributed by atoms with van der Waals surface area (Å²) in [5.41, 5.74) is 6.69. The van der Waals surface area contributed by atoms with E-state index in [-0.39, 0.29) is 19.1 Å². The molecular weight excluding hydrogens is 443 g/mol. The number of hydrogen-bond donors (Lipinski definition) is 1. The molecule has 0 radical (unpaired) electrons. The Bertz CT molecular complexity index is 784. The van der Waals surface area contributed by atoms with Crippen molar-refractivity contribution in [3.63, 3.8) is 0 Å². The van der Waals surface area contributed by atoms with Gasteiger partial charge in [0.05, 0.1) is 31.6 Å². The smallest absolute Gasteiger partial charge is 0.375 e. The molecule has 2 aromatic heterocycles. The molecule has 0 atom stereocenters. The van der Waals surface area contributed by atoms with Gasteiger partial charge in [-0.25, -0.2) is 9.97 Å². The highest BCUT2D eigenvalue weighted by Gasteiger charge is 2.38. The Labute approximate surface area is 168 Å². The van der Waals surface area contributed by atoms with Crippen molar-refractivity contribution in [2.45, 2.75) is 37.3 Å². The molecule has 0 saturated carbocycles. The third-order valence-corrected chi connectivity index (χ3v) is 6.78. The molecule has 0 spiro atoms. The third kappa shape index (κ3) is 8.13. The molecule has 14 heteroatoms. The van der Waals surface area contributed by atoms with E-state index in [0.717, 1.165) is 12.2 Å². The number of nitrogens with two attached hydrogens (primary N) is 1.